The van der Waals surface area contributed by atoms with E-state index in [1.807, 2.05) is 16.8 Å². The molecule has 1 aromatic heterocycles. The van der Waals surface area contributed by atoms with Crippen molar-refractivity contribution in [1.29, 1.82) is 0 Å². The molecule has 0 spiro atoms. The van der Waals surface area contributed by atoms with E-state index in [1.165, 1.54) is 5.56 Å². The molecule has 1 unspecified atom stereocenters. The Morgan fingerprint density at radius 1 is 1.29 bits per heavy atom. The highest BCUT2D eigenvalue weighted by Crippen LogP contribution is 2.28. The summed E-state index contributed by atoms with van der Waals surface area (Å²) in [5, 5.41) is 5.38. The molecule has 21 heavy (non-hydrogen) atoms. The summed E-state index contributed by atoms with van der Waals surface area (Å²) in [4.78, 5) is 0. The summed E-state index contributed by atoms with van der Waals surface area (Å²) in [6.45, 7) is 5.58. The fraction of sp³-hybridized carbons (Fsp3) is 0.438. The molecule has 1 aromatic carbocycles. The summed E-state index contributed by atoms with van der Waals surface area (Å²) < 4.78 is 3.08. The number of nitrogens with zero attached hydrogens (tertiary/aromatic N) is 2. The smallest absolute Gasteiger partial charge is 0.0850 e. The predicted molar refractivity (Wildman–Crippen MR) is 91.9 cm³/mol. The minimum absolute atomic E-state index is 0.252. The van der Waals surface area contributed by atoms with E-state index in [2.05, 4.69) is 47.0 Å². The van der Waals surface area contributed by atoms with E-state index in [-0.39, 0.29) is 5.92 Å². The number of hydrogen-bond acceptors (Lipinski definition) is 2. The van der Waals surface area contributed by atoms with Gasteiger partial charge in [0.2, 0.25) is 0 Å². The minimum Gasteiger partial charge on any atom is -0.330 e. The van der Waals surface area contributed by atoms with Crippen LogP contribution < -0.4 is 5.73 Å². The molecule has 0 aliphatic carbocycles. The van der Waals surface area contributed by atoms with Crippen molar-refractivity contribution in [1.82, 2.24) is 9.78 Å². The second-order valence-corrected chi connectivity index (χ2v) is 6.36. The van der Waals surface area contributed by atoms with Gasteiger partial charge in [0, 0.05) is 16.9 Å². The summed E-state index contributed by atoms with van der Waals surface area (Å²) in [5.74, 6) is 0.252. The zero-order chi connectivity index (χ0) is 15.4. The Labute approximate surface area is 139 Å². The van der Waals surface area contributed by atoms with Gasteiger partial charge >= 0.3 is 0 Å². The van der Waals surface area contributed by atoms with Gasteiger partial charge in [-0.15, -0.1) is 0 Å². The van der Waals surface area contributed by atoms with Gasteiger partial charge in [0.25, 0.3) is 0 Å². The second kappa shape index (κ2) is 7.43. The number of hydrogen-bond donors (Lipinski definition) is 1. The topological polar surface area (TPSA) is 43.8 Å². The molecule has 2 aromatic rings. The average molecular weight is 371 g/mol. The second-order valence-electron chi connectivity index (χ2n) is 5.06. The van der Waals surface area contributed by atoms with Gasteiger partial charge in [-0.1, -0.05) is 46.6 Å². The van der Waals surface area contributed by atoms with Crippen molar-refractivity contribution in [2.75, 3.05) is 6.54 Å². The molecule has 2 N–H and O–H groups in total. The van der Waals surface area contributed by atoms with Crippen molar-refractivity contribution in [3.63, 3.8) is 0 Å². The number of aryl methyl sites for hydroxylation is 2. The molecule has 1 atom stereocenters. The first kappa shape index (κ1) is 16.5. The van der Waals surface area contributed by atoms with Crippen molar-refractivity contribution in [2.45, 2.75) is 39.2 Å². The highest BCUT2D eigenvalue weighted by molar-refractivity contribution is 9.10. The van der Waals surface area contributed by atoms with Crippen molar-refractivity contribution >= 4 is 27.5 Å². The maximum atomic E-state index is 6.49. The Bertz CT molecular complexity index is 592. The number of aromatic nitrogens is 2. The van der Waals surface area contributed by atoms with Gasteiger partial charge < -0.3 is 5.73 Å². The molecule has 0 saturated heterocycles. The Balaban J connectivity index is 2.30. The molecule has 0 saturated carbocycles. The van der Waals surface area contributed by atoms with E-state index in [0.29, 0.717) is 6.54 Å². The fourth-order valence-electron chi connectivity index (χ4n) is 2.52. The lowest BCUT2D eigenvalue weighted by molar-refractivity contribution is 0.581. The molecule has 0 aliphatic heterocycles. The molecular weight excluding hydrogens is 350 g/mol. The van der Waals surface area contributed by atoms with Crippen LogP contribution in [0, 0.1) is 0 Å². The largest absolute Gasteiger partial charge is 0.330 e. The molecule has 0 bridgehead atoms. The van der Waals surface area contributed by atoms with Crippen LogP contribution in [0.15, 0.2) is 28.7 Å². The van der Waals surface area contributed by atoms with Crippen LogP contribution in [0.1, 0.15) is 36.7 Å². The summed E-state index contributed by atoms with van der Waals surface area (Å²) in [6.07, 6.45) is 1.67. The van der Waals surface area contributed by atoms with Gasteiger partial charge in [-0.2, -0.15) is 5.10 Å². The van der Waals surface area contributed by atoms with Crippen LogP contribution in [0.4, 0.5) is 0 Å². The van der Waals surface area contributed by atoms with E-state index >= 15 is 0 Å². The van der Waals surface area contributed by atoms with Crippen molar-refractivity contribution in [3.8, 4) is 0 Å². The number of benzene rings is 1. The Morgan fingerprint density at radius 3 is 2.48 bits per heavy atom. The highest BCUT2D eigenvalue weighted by atomic mass is 79.9. The molecule has 0 amide bonds. The van der Waals surface area contributed by atoms with E-state index in [0.717, 1.165) is 40.3 Å². The number of nitrogens with two attached hydrogens (primary N) is 1. The molecule has 0 fully saturated rings. The third-order valence-corrected chi connectivity index (χ3v) is 4.72. The third kappa shape index (κ3) is 3.68. The first-order chi connectivity index (χ1) is 10.1. The Morgan fingerprint density at radius 2 is 1.95 bits per heavy atom. The van der Waals surface area contributed by atoms with Crippen LogP contribution >= 0.6 is 27.5 Å². The van der Waals surface area contributed by atoms with Crippen molar-refractivity contribution in [3.05, 3.63) is 50.7 Å². The quantitative estimate of drug-likeness (QED) is 0.829. The molecule has 5 heteroatoms. The van der Waals surface area contributed by atoms with Crippen LogP contribution in [-0.2, 0) is 19.4 Å². The SMILES string of the molecule is CCc1nn(CC)c(CC(CN)c2ccc(Br)cc2)c1Cl. The summed E-state index contributed by atoms with van der Waals surface area (Å²) in [7, 11) is 0. The lowest BCUT2D eigenvalue weighted by atomic mass is 9.94. The maximum Gasteiger partial charge on any atom is 0.0850 e. The fourth-order valence-corrected chi connectivity index (χ4v) is 3.13. The number of halogens is 2. The monoisotopic (exact) mass is 369 g/mol. The molecule has 3 nitrogen and oxygen atoms in total. The summed E-state index contributed by atoms with van der Waals surface area (Å²) >= 11 is 9.95. The summed E-state index contributed by atoms with van der Waals surface area (Å²) in [5.41, 5.74) is 9.29. The lowest BCUT2D eigenvalue weighted by Crippen LogP contribution is -2.17. The van der Waals surface area contributed by atoms with E-state index in [1.54, 1.807) is 0 Å². The van der Waals surface area contributed by atoms with Gasteiger partial charge in [0.05, 0.1) is 16.4 Å². The Hall–Kier alpha value is -0.840. The van der Waals surface area contributed by atoms with Crippen LogP contribution in [0.5, 0.6) is 0 Å². The molecule has 0 radical (unpaired) electrons. The van der Waals surface area contributed by atoms with Gasteiger partial charge in [0.1, 0.15) is 0 Å². The minimum atomic E-state index is 0.252. The molecular formula is C16H21BrClN3. The molecule has 114 valence electrons. The summed E-state index contributed by atoms with van der Waals surface area (Å²) in [6, 6.07) is 8.33. The van der Waals surface area contributed by atoms with Crippen LogP contribution in [0.3, 0.4) is 0 Å². The molecule has 0 aliphatic rings. The highest BCUT2D eigenvalue weighted by Gasteiger charge is 2.19. The van der Waals surface area contributed by atoms with Gasteiger partial charge in [-0.25, -0.2) is 0 Å². The van der Waals surface area contributed by atoms with Crippen LogP contribution in [0.2, 0.25) is 5.02 Å². The van der Waals surface area contributed by atoms with Gasteiger partial charge in [0.15, 0.2) is 0 Å². The van der Waals surface area contributed by atoms with Crippen molar-refractivity contribution in [2.24, 2.45) is 5.73 Å². The van der Waals surface area contributed by atoms with Crippen LogP contribution in [0.25, 0.3) is 0 Å². The van der Waals surface area contributed by atoms with E-state index in [9.17, 15) is 0 Å². The number of rotatable bonds is 6. The molecule has 2 rings (SSSR count). The zero-order valence-electron chi connectivity index (χ0n) is 12.4. The third-order valence-electron chi connectivity index (χ3n) is 3.76. The Kier molecular flexibility index (Phi) is 5.85. The van der Waals surface area contributed by atoms with E-state index < -0.39 is 0 Å². The normalized spacial score (nSPS) is 12.6. The first-order valence-electron chi connectivity index (χ1n) is 7.30. The van der Waals surface area contributed by atoms with Crippen molar-refractivity contribution < 1.29 is 0 Å². The predicted octanol–water partition coefficient (Wildman–Crippen LogP) is 4.17. The zero-order valence-corrected chi connectivity index (χ0v) is 14.8. The van der Waals surface area contributed by atoms with Gasteiger partial charge in [-0.3, -0.25) is 4.68 Å². The average Bonchev–Trinajstić information content (AvgIpc) is 2.81. The maximum absolute atomic E-state index is 6.49. The van der Waals surface area contributed by atoms with Gasteiger partial charge in [-0.05, 0) is 44.0 Å². The lowest BCUT2D eigenvalue weighted by Gasteiger charge is -2.16. The van der Waals surface area contributed by atoms with Crippen LogP contribution in [-0.4, -0.2) is 16.3 Å². The van der Waals surface area contributed by atoms with E-state index in [4.69, 9.17) is 17.3 Å². The first-order valence-corrected chi connectivity index (χ1v) is 8.47. The molecule has 1 heterocycles. The standard InChI is InChI=1S/C16H21BrClN3/c1-3-14-16(18)15(21(4-2)20-14)9-12(10-19)11-5-7-13(17)8-6-11/h5-8,12H,3-4,9-10,19H2,1-2H3.